The standard InChI is InChI=1S/C14H18FNOS/c1-5-16-12-10(7-6-8-11(12)15)14(18-4,9(2)3)13(16)17/h6-9H,5H2,1-4H3. The Morgan fingerprint density at radius 1 is 1.44 bits per heavy atom. The number of para-hydroxylation sites is 1. The van der Waals surface area contributed by atoms with E-state index >= 15 is 0 Å². The van der Waals surface area contributed by atoms with Crippen molar-refractivity contribution in [1.82, 2.24) is 0 Å². The van der Waals surface area contributed by atoms with Gasteiger partial charge in [-0.3, -0.25) is 4.79 Å². The summed E-state index contributed by atoms with van der Waals surface area (Å²) < 4.78 is 13.4. The van der Waals surface area contributed by atoms with Crippen LogP contribution in [-0.2, 0) is 9.54 Å². The van der Waals surface area contributed by atoms with Gasteiger partial charge in [0.25, 0.3) is 0 Å². The molecule has 1 aromatic carbocycles. The molecular formula is C14H18FNOS. The fourth-order valence-corrected chi connectivity index (χ4v) is 3.94. The van der Waals surface area contributed by atoms with E-state index in [4.69, 9.17) is 0 Å². The van der Waals surface area contributed by atoms with Crippen LogP contribution < -0.4 is 4.90 Å². The molecule has 0 aliphatic carbocycles. The predicted molar refractivity (Wildman–Crippen MR) is 74.5 cm³/mol. The minimum Gasteiger partial charge on any atom is -0.308 e. The lowest BCUT2D eigenvalue weighted by molar-refractivity contribution is -0.121. The van der Waals surface area contributed by atoms with Crippen molar-refractivity contribution in [2.24, 2.45) is 5.92 Å². The third-order valence-electron chi connectivity index (χ3n) is 3.67. The Kier molecular flexibility index (Phi) is 3.41. The van der Waals surface area contributed by atoms with Crippen LogP contribution in [0.25, 0.3) is 0 Å². The zero-order valence-corrected chi connectivity index (χ0v) is 12.0. The van der Waals surface area contributed by atoms with E-state index in [1.807, 2.05) is 33.1 Å². The first-order chi connectivity index (χ1) is 8.50. The Hall–Kier alpha value is -1.03. The molecule has 0 N–H and O–H groups in total. The molecule has 1 aliphatic rings. The van der Waals surface area contributed by atoms with Crippen molar-refractivity contribution in [1.29, 1.82) is 0 Å². The van der Waals surface area contributed by atoms with Crippen LogP contribution in [-0.4, -0.2) is 18.7 Å². The molecule has 1 atom stereocenters. The van der Waals surface area contributed by atoms with Crippen LogP contribution >= 0.6 is 11.8 Å². The number of amides is 1. The third kappa shape index (κ3) is 1.51. The molecule has 1 aromatic rings. The van der Waals surface area contributed by atoms with Crippen molar-refractivity contribution in [2.75, 3.05) is 17.7 Å². The number of anilines is 1. The van der Waals surface area contributed by atoms with E-state index in [0.29, 0.717) is 12.2 Å². The molecule has 0 bridgehead atoms. The molecule has 2 rings (SSSR count). The van der Waals surface area contributed by atoms with Crippen molar-refractivity contribution >= 4 is 23.4 Å². The molecule has 0 spiro atoms. The Labute approximate surface area is 112 Å². The summed E-state index contributed by atoms with van der Waals surface area (Å²) in [4.78, 5) is 14.2. The van der Waals surface area contributed by atoms with Gasteiger partial charge in [-0.2, -0.15) is 0 Å². The molecule has 98 valence electrons. The second-order valence-corrected chi connectivity index (χ2v) is 5.83. The first-order valence-electron chi connectivity index (χ1n) is 6.16. The number of likely N-dealkylation sites (N-methyl/N-ethyl adjacent to an activating group) is 1. The van der Waals surface area contributed by atoms with Crippen LogP contribution in [0.4, 0.5) is 10.1 Å². The summed E-state index contributed by atoms with van der Waals surface area (Å²) in [5.74, 6) is -0.177. The SMILES string of the molecule is CCN1C(=O)C(SC)(C(C)C)c2cccc(F)c21. The molecule has 1 heterocycles. The first-order valence-corrected chi connectivity index (χ1v) is 7.39. The highest BCUT2D eigenvalue weighted by molar-refractivity contribution is 8.00. The van der Waals surface area contributed by atoms with E-state index in [1.54, 1.807) is 11.0 Å². The van der Waals surface area contributed by atoms with Crippen LogP contribution in [0.15, 0.2) is 18.2 Å². The molecule has 18 heavy (non-hydrogen) atoms. The van der Waals surface area contributed by atoms with E-state index in [9.17, 15) is 9.18 Å². The number of carbonyl (C=O) groups excluding carboxylic acids is 1. The second kappa shape index (κ2) is 4.57. The lowest BCUT2D eigenvalue weighted by atomic mass is 9.88. The Morgan fingerprint density at radius 2 is 2.11 bits per heavy atom. The number of rotatable bonds is 3. The molecular weight excluding hydrogens is 249 g/mol. The van der Waals surface area contributed by atoms with E-state index in [2.05, 4.69) is 0 Å². The average molecular weight is 267 g/mol. The molecule has 1 amide bonds. The highest BCUT2D eigenvalue weighted by atomic mass is 32.2. The number of halogens is 1. The molecule has 4 heteroatoms. The monoisotopic (exact) mass is 267 g/mol. The Morgan fingerprint density at radius 3 is 2.61 bits per heavy atom. The summed E-state index contributed by atoms with van der Waals surface area (Å²) in [6, 6.07) is 4.99. The summed E-state index contributed by atoms with van der Waals surface area (Å²) in [6.07, 6.45) is 1.92. The van der Waals surface area contributed by atoms with E-state index in [-0.39, 0.29) is 17.6 Å². The molecule has 1 aliphatic heterocycles. The van der Waals surface area contributed by atoms with Crippen LogP contribution in [0.2, 0.25) is 0 Å². The van der Waals surface area contributed by atoms with Gasteiger partial charge < -0.3 is 4.90 Å². The van der Waals surface area contributed by atoms with Gasteiger partial charge in [-0.1, -0.05) is 26.0 Å². The van der Waals surface area contributed by atoms with Gasteiger partial charge in [0.05, 0.1) is 5.69 Å². The molecule has 0 fully saturated rings. The van der Waals surface area contributed by atoms with Crippen molar-refractivity contribution in [2.45, 2.75) is 25.5 Å². The largest absolute Gasteiger partial charge is 0.308 e. The average Bonchev–Trinajstić information content (AvgIpc) is 2.59. The fourth-order valence-electron chi connectivity index (χ4n) is 2.80. The van der Waals surface area contributed by atoms with Crippen molar-refractivity contribution < 1.29 is 9.18 Å². The molecule has 0 saturated heterocycles. The molecule has 0 saturated carbocycles. The molecule has 0 radical (unpaired) electrons. The van der Waals surface area contributed by atoms with Gasteiger partial charge in [-0.15, -0.1) is 11.8 Å². The minimum atomic E-state index is -0.645. The lowest BCUT2D eigenvalue weighted by Crippen LogP contribution is -2.41. The van der Waals surface area contributed by atoms with Crippen LogP contribution in [0, 0.1) is 11.7 Å². The highest BCUT2D eigenvalue weighted by Gasteiger charge is 2.53. The fraction of sp³-hybridized carbons (Fsp3) is 0.500. The van der Waals surface area contributed by atoms with Gasteiger partial charge in [-0.05, 0) is 25.2 Å². The summed E-state index contributed by atoms with van der Waals surface area (Å²) in [5, 5.41) is 0. The molecule has 1 unspecified atom stereocenters. The quantitative estimate of drug-likeness (QED) is 0.836. The Balaban J connectivity index is 2.74. The first kappa shape index (κ1) is 13.4. The maximum atomic E-state index is 14.0. The number of thioether (sulfide) groups is 1. The summed E-state index contributed by atoms with van der Waals surface area (Å²) in [6.45, 7) is 6.41. The normalized spacial score (nSPS) is 22.8. The number of hydrogen-bond acceptors (Lipinski definition) is 2. The zero-order valence-electron chi connectivity index (χ0n) is 11.2. The van der Waals surface area contributed by atoms with Crippen LogP contribution in [0.1, 0.15) is 26.3 Å². The van der Waals surface area contributed by atoms with Crippen molar-refractivity contribution in [3.8, 4) is 0 Å². The van der Waals surface area contributed by atoms with Crippen LogP contribution in [0.5, 0.6) is 0 Å². The van der Waals surface area contributed by atoms with Gasteiger partial charge in [0.2, 0.25) is 5.91 Å². The second-order valence-electron chi connectivity index (χ2n) is 4.78. The number of hydrogen-bond donors (Lipinski definition) is 0. The predicted octanol–water partition coefficient (Wildman–Crippen LogP) is 3.41. The number of nitrogens with zero attached hydrogens (tertiary/aromatic N) is 1. The number of benzene rings is 1. The lowest BCUT2D eigenvalue weighted by Gasteiger charge is -2.30. The molecule has 2 nitrogen and oxygen atoms in total. The van der Waals surface area contributed by atoms with E-state index in [0.717, 1.165) is 5.56 Å². The highest BCUT2D eigenvalue weighted by Crippen LogP contribution is 2.52. The van der Waals surface area contributed by atoms with Crippen molar-refractivity contribution in [3.05, 3.63) is 29.6 Å². The van der Waals surface area contributed by atoms with Gasteiger partial charge in [0.15, 0.2) is 0 Å². The minimum absolute atomic E-state index is 0.00704. The van der Waals surface area contributed by atoms with Gasteiger partial charge in [-0.25, -0.2) is 4.39 Å². The third-order valence-corrected chi connectivity index (χ3v) is 5.18. The Bertz CT molecular complexity index is 489. The molecule has 0 aromatic heterocycles. The van der Waals surface area contributed by atoms with Crippen LogP contribution in [0.3, 0.4) is 0 Å². The summed E-state index contributed by atoms with van der Waals surface area (Å²) in [7, 11) is 0. The van der Waals surface area contributed by atoms with E-state index in [1.165, 1.54) is 17.8 Å². The number of carbonyl (C=O) groups is 1. The summed E-state index contributed by atoms with van der Waals surface area (Å²) in [5.41, 5.74) is 1.28. The topological polar surface area (TPSA) is 20.3 Å². The van der Waals surface area contributed by atoms with E-state index < -0.39 is 4.75 Å². The van der Waals surface area contributed by atoms with Gasteiger partial charge in [0, 0.05) is 12.1 Å². The van der Waals surface area contributed by atoms with Gasteiger partial charge >= 0.3 is 0 Å². The van der Waals surface area contributed by atoms with Crippen molar-refractivity contribution in [3.63, 3.8) is 0 Å². The number of fused-ring (bicyclic) bond motifs is 1. The van der Waals surface area contributed by atoms with Gasteiger partial charge in [0.1, 0.15) is 10.6 Å². The summed E-state index contributed by atoms with van der Waals surface area (Å²) >= 11 is 1.51. The smallest absolute Gasteiger partial charge is 0.248 e. The maximum absolute atomic E-state index is 14.0. The maximum Gasteiger partial charge on any atom is 0.248 e. The zero-order chi connectivity index (χ0) is 13.5.